The first-order valence-corrected chi connectivity index (χ1v) is 9.56. The number of hydrogen-bond donors (Lipinski definition) is 1. The summed E-state index contributed by atoms with van der Waals surface area (Å²) in [6, 6.07) is 21.8. The molecule has 0 fully saturated rings. The van der Waals surface area contributed by atoms with Crippen LogP contribution in [0.2, 0.25) is 0 Å². The van der Waals surface area contributed by atoms with Gasteiger partial charge < -0.3 is 9.73 Å². The highest BCUT2D eigenvalue weighted by Crippen LogP contribution is 2.14. The van der Waals surface area contributed by atoms with Crippen LogP contribution < -0.4 is 5.32 Å². The fourth-order valence-electron chi connectivity index (χ4n) is 3.13. The molecule has 6 nitrogen and oxygen atoms in total. The molecule has 146 valence electrons. The molecule has 0 spiro atoms. The summed E-state index contributed by atoms with van der Waals surface area (Å²) in [5.41, 5.74) is 3.23. The molecule has 2 heterocycles. The predicted molar refractivity (Wildman–Crippen MR) is 110 cm³/mol. The third kappa shape index (κ3) is 4.60. The average Bonchev–Trinajstić information content (AvgIpc) is 3.41. The van der Waals surface area contributed by atoms with E-state index in [4.69, 9.17) is 4.42 Å². The molecule has 6 heteroatoms. The van der Waals surface area contributed by atoms with Gasteiger partial charge in [-0.1, -0.05) is 42.5 Å². The van der Waals surface area contributed by atoms with Crippen LogP contribution >= 0.6 is 0 Å². The first kappa shape index (κ1) is 18.7. The van der Waals surface area contributed by atoms with Crippen molar-refractivity contribution in [2.45, 2.75) is 26.3 Å². The van der Waals surface area contributed by atoms with Crippen LogP contribution in [-0.2, 0) is 19.4 Å². The lowest BCUT2D eigenvalue weighted by Crippen LogP contribution is -2.24. The lowest BCUT2D eigenvalue weighted by Gasteiger charge is -2.07. The molecule has 1 amide bonds. The number of benzene rings is 2. The van der Waals surface area contributed by atoms with Gasteiger partial charge >= 0.3 is 0 Å². The highest BCUT2D eigenvalue weighted by molar-refractivity contribution is 5.90. The van der Waals surface area contributed by atoms with E-state index in [1.165, 1.54) is 5.56 Å². The summed E-state index contributed by atoms with van der Waals surface area (Å²) in [5, 5.41) is 7.30. The van der Waals surface area contributed by atoms with Crippen molar-refractivity contribution >= 4 is 5.91 Å². The minimum Gasteiger partial charge on any atom is -0.467 e. The Kier molecular flexibility index (Phi) is 5.52. The number of carbonyl (C=O) groups is 1. The van der Waals surface area contributed by atoms with Gasteiger partial charge in [-0.25, -0.2) is 9.67 Å². The van der Waals surface area contributed by atoms with E-state index in [0.717, 1.165) is 23.5 Å². The fourth-order valence-corrected chi connectivity index (χ4v) is 3.13. The Morgan fingerprint density at radius 2 is 1.90 bits per heavy atom. The number of aryl methyl sites for hydroxylation is 3. The highest BCUT2D eigenvalue weighted by Gasteiger charge is 2.18. The number of rotatable bonds is 7. The second kappa shape index (κ2) is 8.56. The van der Waals surface area contributed by atoms with Gasteiger partial charge in [0.2, 0.25) is 5.82 Å². The van der Waals surface area contributed by atoms with Gasteiger partial charge in [0.15, 0.2) is 0 Å². The Bertz CT molecular complexity index is 1090. The van der Waals surface area contributed by atoms with Gasteiger partial charge in [-0.15, -0.1) is 5.10 Å². The van der Waals surface area contributed by atoms with Crippen molar-refractivity contribution in [2.75, 3.05) is 0 Å². The molecule has 0 aliphatic rings. The molecular weight excluding hydrogens is 364 g/mol. The van der Waals surface area contributed by atoms with Crippen molar-refractivity contribution < 1.29 is 9.21 Å². The van der Waals surface area contributed by atoms with E-state index < -0.39 is 0 Å². The predicted octanol–water partition coefficient (Wildman–Crippen LogP) is 3.88. The van der Waals surface area contributed by atoms with Gasteiger partial charge in [0.1, 0.15) is 11.6 Å². The number of amides is 1. The summed E-state index contributed by atoms with van der Waals surface area (Å²) in [7, 11) is 0. The van der Waals surface area contributed by atoms with Crippen molar-refractivity contribution in [3.05, 3.63) is 102 Å². The maximum Gasteiger partial charge on any atom is 0.291 e. The van der Waals surface area contributed by atoms with Crippen molar-refractivity contribution in [1.82, 2.24) is 20.1 Å². The second-order valence-electron chi connectivity index (χ2n) is 6.85. The van der Waals surface area contributed by atoms with Crippen molar-refractivity contribution in [2.24, 2.45) is 0 Å². The van der Waals surface area contributed by atoms with Crippen LogP contribution in [0.5, 0.6) is 0 Å². The van der Waals surface area contributed by atoms with Crippen molar-refractivity contribution in [3.8, 4) is 5.69 Å². The monoisotopic (exact) mass is 386 g/mol. The lowest BCUT2D eigenvalue weighted by atomic mass is 10.1. The molecule has 29 heavy (non-hydrogen) atoms. The molecule has 0 aliphatic carbocycles. The maximum absolute atomic E-state index is 12.6. The van der Waals surface area contributed by atoms with Gasteiger partial charge in [0.25, 0.3) is 5.91 Å². The summed E-state index contributed by atoms with van der Waals surface area (Å²) < 4.78 is 7.02. The molecule has 0 saturated carbocycles. The molecule has 0 saturated heterocycles. The minimum atomic E-state index is -0.325. The molecule has 4 rings (SSSR count). The SMILES string of the molecule is Cc1cccc(-n2nc(C(=O)NCc3ccco3)nc2CCc2ccccc2)c1. The standard InChI is InChI=1S/C23H22N4O2/c1-17-7-5-10-19(15-17)27-21(13-12-18-8-3-2-4-9-18)25-22(26-27)23(28)24-16-20-11-6-14-29-20/h2-11,14-15H,12-13,16H2,1H3,(H,24,28). The van der Waals surface area contributed by atoms with Crippen LogP contribution in [0.3, 0.4) is 0 Å². The van der Waals surface area contributed by atoms with E-state index in [0.29, 0.717) is 18.7 Å². The number of nitrogens with one attached hydrogen (secondary N) is 1. The first-order chi connectivity index (χ1) is 14.2. The van der Waals surface area contributed by atoms with Crippen molar-refractivity contribution in [1.29, 1.82) is 0 Å². The molecule has 0 unspecified atom stereocenters. The number of furan rings is 1. The van der Waals surface area contributed by atoms with E-state index in [1.54, 1.807) is 17.0 Å². The van der Waals surface area contributed by atoms with E-state index >= 15 is 0 Å². The van der Waals surface area contributed by atoms with Crippen LogP contribution in [0.1, 0.15) is 33.3 Å². The summed E-state index contributed by atoms with van der Waals surface area (Å²) in [5.74, 6) is 1.26. The molecule has 0 aliphatic heterocycles. The lowest BCUT2D eigenvalue weighted by molar-refractivity contribution is 0.0937. The number of carbonyl (C=O) groups excluding carboxylic acids is 1. The molecule has 0 bridgehead atoms. The third-order valence-corrected chi connectivity index (χ3v) is 4.61. The zero-order chi connectivity index (χ0) is 20.1. The van der Waals surface area contributed by atoms with Gasteiger partial charge in [-0.2, -0.15) is 0 Å². The van der Waals surface area contributed by atoms with Gasteiger partial charge in [-0.05, 0) is 48.7 Å². The van der Waals surface area contributed by atoms with Crippen LogP contribution in [0.25, 0.3) is 5.69 Å². The molecule has 1 N–H and O–H groups in total. The Hall–Kier alpha value is -3.67. The smallest absolute Gasteiger partial charge is 0.291 e. The molecule has 2 aromatic heterocycles. The van der Waals surface area contributed by atoms with E-state index in [2.05, 4.69) is 27.5 Å². The van der Waals surface area contributed by atoms with Crippen molar-refractivity contribution in [3.63, 3.8) is 0 Å². The summed E-state index contributed by atoms with van der Waals surface area (Å²) in [6.07, 6.45) is 3.07. The Labute approximate surface area is 169 Å². The zero-order valence-electron chi connectivity index (χ0n) is 16.2. The third-order valence-electron chi connectivity index (χ3n) is 4.61. The molecule has 2 aromatic carbocycles. The van der Waals surface area contributed by atoms with Gasteiger partial charge in [-0.3, -0.25) is 4.79 Å². The quantitative estimate of drug-likeness (QED) is 0.523. The topological polar surface area (TPSA) is 73.0 Å². The summed E-state index contributed by atoms with van der Waals surface area (Å²) >= 11 is 0. The van der Waals surface area contributed by atoms with Gasteiger partial charge in [0.05, 0.1) is 18.5 Å². The highest BCUT2D eigenvalue weighted by atomic mass is 16.3. The van der Waals surface area contributed by atoms with Crippen LogP contribution in [0, 0.1) is 6.92 Å². The van der Waals surface area contributed by atoms with Crippen LogP contribution in [-0.4, -0.2) is 20.7 Å². The number of aromatic nitrogens is 3. The molecular formula is C23H22N4O2. The number of hydrogen-bond acceptors (Lipinski definition) is 4. The second-order valence-corrected chi connectivity index (χ2v) is 6.85. The van der Waals surface area contributed by atoms with E-state index in [1.807, 2.05) is 55.5 Å². The molecule has 0 atom stereocenters. The van der Waals surface area contributed by atoms with Crippen LogP contribution in [0.4, 0.5) is 0 Å². The van der Waals surface area contributed by atoms with E-state index in [-0.39, 0.29) is 11.7 Å². The molecule has 4 aromatic rings. The Morgan fingerprint density at radius 1 is 1.03 bits per heavy atom. The molecule has 0 radical (unpaired) electrons. The number of nitrogens with zero attached hydrogens (tertiary/aromatic N) is 3. The fraction of sp³-hybridized carbons (Fsp3) is 0.174. The summed E-state index contributed by atoms with van der Waals surface area (Å²) in [4.78, 5) is 17.1. The summed E-state index contributed by atoms with van der Waals surface area (Å²) in [6.45, 7) is 2.32. The average molecular weight is 386 g/mol. The largest absolute Gasteiger partial charge is 0.467 e. The Morgan fingerprint density at radius 3 is 2.66 bits per heavy atom. The first-order valence-electron chi connectivity index (χ1n) is 9.56. The van der Waals surface area contributed by atoms with Gasteiger partial charge in [0, 0.05) is 6.42 Å². The Balaban J connectivity index is 1.58. The van der Waals surface area contributed by atoms with Crippen LogP contribution in [0.15, 0.2) is 77.4 Å². The van der Waals surface area contributed by atoms with E-state index in [9.17, 15) is 4.79 Å². The maximum atomic E-state index is 12.6. The normalized spacial score (nSPS) is 10.8. The zero-order valence-corrected chi connectivity index (χ0v) is 16.2. The minimum absolute atomic E-state index is 0.154.